The fraction of sp³-hybridized carbons (Fsp3) is 0.333. The van der Waals surface area contributed by atoms with Gasteiger partial charge in [0.2, 0.25) is 5.91 Å². The Morgan fingerprint density at radius 2 is 2.10 bits per heavy atom. The van der Waals surface area contributed by atoms with Crippen molar-refractivity contribution in [1.82, 2.24) is 19.9 Å². The van der Waals surface area contributed by atoms with E-state index in [1.165, 1.54) is 17.0 Å². The first-order chi connectivity index (χ1) is 10.2. The minimum Gasteiger partial charge on any atom is -0.350 e. The van der Waals surface area contributed by atoms with Crippen molar-refractivity contribution >= 4 is 5.91 Å². The third-order valence-corrected chi connectivity index (χ3v) is 3.00. The molecule has 2 rings (SSSR count). The standard InChI is InChI=1S/C15H18N4O2/c1-2-3-13-8-15(21)19(11-18-13)10-14(20)17-9-12-4-6-16-7-5-12/h4-8,11H,2-3,9-10H2,1H3,(H,17,20). The SMILES string of the molecule is CCCc1cc(=O)n(CC(=O)NCc2ccncc2)cn1. The summed E-state index contributed by atoms with van der Waals surface area (Å²) in [5, 5.41) is 2.76. The van der Waals surface area contributed by atoms with Crippen LogP contribution in [0.15, 0.2) is 41.7 Å². The minimum atomic E-state index is -0.223. The predicted molar refractivity (Wildman–Crippen MR) is 78.6 cm³/mol. The van der Waals surface area contributed by atoms with Gasteiger partial charge in [0.25, 0.3) is 5.56 Å². The summed E-state index contributed by atoms with van der Waals surface area (Å²) in [6.07, 6.45) is 6.47. The Morgan fingerprint density at radius 1 is 1.33 bits per heavy atom. The molecule has 0 atom stereocenters. The Labute approximate surface area is 122 Å². The lowest BCUT2D eigenvalue weighted by molar-refractivity contribution is -0.121. The molecule has 0 aliphatic carbocycles. The highest BCUT2D eigenvalue weighted by molar-refractivity contribution is 5.75. The Bertz CT molecular complexity index is 652. The normalized spacial score (nSPS) is 10.3. The van der Waals surface area contributed by atoms with Gasteiger partial charge in [0.1, 0.15) is 6.54 Å². The first-order valence-electron chi connectivity index (χ1n) is 6.90. The van der Waals surface area contributed by atoms with E-state index in [-0.39, 0.29) is 18.0 Å². The zero-order valence-corrected chi connectivity index (χ0v) is 12.0. The zero-order valence-electron chi connectivity index (χ0n) is 12.0. The molecule has 0 bridgehead atoms. The van der Waals surface area contributed by atoms with E-state index >= 15 is 0 Å². The predicted octanol–water partition coefficient (Wildman–Crippen LogP) is 0.907. The van der Waals surface area contributed by atoms with E-state index in [0.717, 1.165) is 24.1 Å². The van der Waals surface area contributed by atoms with Crippen LogP contribution < -0.4 is 10.9 Å². The maximum atomic E-state index is 11.9. The summed E-state index contributed by atoms with van der Waals surface area (Å²) in [5.74, 6) is -0.223. The van der Waals surface area contributed by atoms with Gasteiger partial charge in [0, 0.05) is 30.7 Å². The number of aromatic nitrogens is 3. The number of carbonyl (C=O) groups excluding carboxylic acids is 1. The maximum Gasteiger partial charge on any atom is 0.253 e. The highest BCUT2D eigenvalue weighted by Gasteiger charge is 2.05. The van der Waals surface area contributed by atoms with Crippen molar-refractivity contribution in [3.63, 3.8) is 0 Å². The van der Waals surface area contributed by atoms with Gasteiger partial charge in [-0.15, -0.1) is 0 Å². The summed E-state index contributed by atoms with van der Waals surface area (Å²) in [4.78, 5) is 31.8. The molecule has 1 amide bonds. The van der Waals surface area contributed by atoms with E-state index in [1.54, 1.807) is 12.4 Å². The van der Waals surface area contributed by atoms with Crippen LogP contribution in [0, 0.1) is 0 Å². The Kier molecular flexibility index (Phi) is 5.20. The Hall–Kier alpha value is -2.50. The molecule has 0 aliphatic rings. The van der Waals surface area contributed by atoms with E-state index in [1.807, 2.05) is 19.1 Å². The minimum absolute atomic E-state index is 0.0245. The third kappa shape index (κ3) is 4.52. The Morgan fingerprint density at radius 3 is 2.76 bits per heavy atom. The number of carbonyl (C=O) groups is 1. The molecule has 110 valence electrons. The molecule has 0 aromatic carbocycles. The third-order valence-electron chi connectivity index (χ3n) is 3.00. The molecule has 0 aliphatic heterocycles. The first kappa shape index (κ1) is 14.9. The van der Waals surface area contributed by atoms with Gasteiger partial charge in [-0.05, 0) is 24.1 Å². The second-order valence-corrected chi connectivity index (χ2v) is 4.73. The lowest BCUT2D eigenvalue weighted by atomic mass is 10.2. The van der Waals surface area contributed by atoms with Gasteiger partial charge in [0.05, 0.1) is 6.33 Å². The fourth-order valence-corrected chi connectivity index (χ4v) is 1.89. The smallest absolute Gasteiger partial charge is 0.253 e. The summed E-state index contributed by atoms with van der Waals surface area (Å²) < 4.78 is 1.31. The van der Waals surface area contributed by atoms with Crippen LogP contribution in [-0.4, -0.2) is 20.4 Å². The first-order valence-corrected chi connectivity index (χ1v) is 6.90. The summed E-state index contributed by atoms with van der Waals surface area (Å²) in [5.41, 5.74) is 1.52. The van der Waals surface area contributed by atoms with Crippen molar-refractivity contribution in [2.45, 2.75) is 32.9 Å². The molecule has 0 radical (unpaired) electrons. The monoisotopic (exact) mass is 286 g/mol. The molecule has 0 saturated carbocycles. The number of nitrogens with zero attached hydrogens (tertiary/aromatic N) is 3. The van der Waals surface area contributed by atoms with Crippen LogP contribution in [0.25, 0.3) is 0 Å². The van der Waals surface area contributed by atoms with Crippen molar-refractivity contribution in [3.8, 4) is 0 Å². The average Bonchev–Trinajstić information content (AvgIpc) is 2.49. The van der Waals surface area contributed by atoms with E-state index < -0.39 is 0 Å². The van der Waals surface area contributed by atoms with Crippen molar-refractivity contribution in [1.29, 1.82) is 0 Å². The van der Waals surface area contributed by atoms with Crippen molar-refractivity contribution in [2.75, 3.05) is 0 Å². The zero-order chi connectivity index (χ0) is 15.1. The van der Waals surface area contributed by atoms with Crippen LogP contribution >= 0.6 is 0 Å². The summed E-state index contributed by atoms with van der Waals surface area (Å²) >= 11 is 0. The van der Waals surface area contributed by atoms with E-state index in [2.05, 4.69) is 15.3 Å². The molecule has 6 heteroatoms. The second kappa shape index (κ2) is 7.33. The van der Waals surface area contributed by atoms with Crippen molar-refractivity contribution < 1.29 is 4.79 Å². The molecule has 0 spiro atoms. The van der Waals surface area contributed by atoms with Gasteiger partial charge in [-0.3, -0.25) is 19.1 Å². The highest BCUT2D eigenvalue weighted by atomic mass is 16.2. The molecule has 0 fully saturated rings. The van der Waals surface area contributed by atoms with Gasteiger partial charge in [0.15, 0.2) is 0 Å². The van der Waals surface area contributed by atoms with Gasteiger partial charge in [-0.2, -0.15) is 0 Å². The van der Waals surface area contributed by atoms with E-state index in [0.29, 0.717) is 6.54 Å². The highest BCUT2D eigenvalue weighted by Crippen LogP contribution is 1.96. The number of hydrogen-bond acceptors (Lipinski definition) is 4. The average molecular weight is 286 g/mol. The maximum absolute atomic E-state index is 11.9. The lowest BCUT2D eigenvalue weighted by Crippen LogP contribution is -2.32. The van der Waals surface area contributed by atoms with Gasteiger partial charge in [-0.25, -0.2) is 4.98 Å². The van der Waals surface area contributed by atoms with Crippen LogP contribution in [0.2, 0.25) is 0 Å². The molecule has 0 saturated heterocycles. The number of aryl methyl sites for hydroxylation is 1. The molecule has 2 aromatic heterocycles. The Balaban J connectivity index is 1.92. The van der Waals surface area contributed by atoms with Crippen LogP contribution in [0.5, 0.6) is 0 Å². The summed E-state index contributed by atoms with van der Waals surface area (Å²) in [6.45, 7) is 2.42. The fourth-order valence-electron chi connectivity index (χ4n) is 1.89. The number of nitrogens with one attached hydrogen (secondary N) is 1. The molecule has 1 N–H and O–H groups in total. The molecule has 2 aromatic rings. The largest absolute Gasteiger partial charge is 0.350 e. The quantitative estimate of drug-likeness (QED) is 0.856. The van der Waals surface area contributed by atoms with Crippen LogP contribution in [0.3, 0.4) is 0 Å². The van der Waals surface area contributed by atoms with Crippen LogP contribution in [0.4, 0.5) is 0 Å². The molecular weight excluding hydrogens is 268 g/mol. The molecule has 6 nitrogen and oxygen atoms in total. The lowest BCUT2D eigenvalue weighted by Gasteiger charge is -2.07. The summed E-state index contributed by atoms with van der Waals surface area (Å²) in [6, 6.07) is 5.14. The van der Waals surface area contributed by atoms with Crippen LogP contribution in [-0.2, 0) is 24.3 Å². The van der Waals surface area contributed by atoms with Gasteiger partial charge in [-0.1, -0.05) is 13.3 Å². The number of pyridine rings is 1. The summed E-state index contributed by atoms with van der Waals surface area (Å²) in [7, 11) is 0. The number of rotatable bonds is 6. The molecule has 0 unspecified atom stereocenters. The van der Waals surface area contributed by atoms with Gasteiger partial charge >= 0.3 is 0 Å². The topological polar surface area (TPSA) is 76.9 Å². The second-order valence-electron chi connectivity index (χ2n) is 4.73. The number of amides is 1. The number of hydrogen-bond donors (Lipinski definition) is 1. The molecule has 2 heterocycles. The van der Waals surface area contributed by atoms with E-state index in [9.17, 15) is 9.59 Å². The van der Waals surface area contributed by atoms with Crippen molar-refractivity contribution in [2.24, 2.45) is 0 Å². The van der Waals surface area contributed by atoms with Crippen molar-refractivity contribution in [3.05, 3.63) is 58.5 Å². The molecular formula is C15H18N4O2. The molecule has 21 heavy (non-hydrogen) atoms. The van der Waals surface area contributed by atoms with Gasteiger partial charge < -0.3 is 5.32 Å². The van der Waals surface area contributed by atoms with E-state index in [4.69, 9.17) is 0 Å². The van der Waals surface area contributed by atoms with Crippen LogP contribution in [0.1, 0.15) is 24.6 Å².